The Balaban J connectivity index is 2.30. The van der Waals surface area contributed by atoms with E-state index in [0.717, 1.165) is 5.56 Å². The van der Waals surface area contributed by atoms with Gasteiger partial charge in [0, 0.05) is 5.56 Å². The summed E-state index contributed by atoms with van der Waals surface area (Å²) in [5.74, 6) is 1.77. The number of rotatable bonds is 4. The van der Waals surface area contributed by atoms with Crippen LogP contribution < -0.4 is 9.47 Å². The summed E-state index contributed by atoms with van der Waals surface area (Å²) >= 11 is 12.9. The molecule has 2 nitrogen and oxygen atoms in total. The molecule has 1 aromatic rings. The van der Waals surface area contributed by atoms with Crippen LogP contribution in [-0.2, 0) is 0 Å². The molecule has 19 heavy (non-hydrogen) atoms. The highest BCUT2D eigenvalue weighted by atomic mass is 35.5. The molecule has 1 aliphatic carbocycles. The van der Waals surface area contributed by atoms with Gasteiger partial charge in [-0.05, 0) is 24.8 Å². The third kappa shape index (κ3) is 3.11. The summed E-state index contributed by atoms with van der Waals surface area (Å²) in [6.45, 7) is 0. The second-order valence-corrected chi connectivity index (χ2v) is 5.85. The third-order valence-electron chi connectivity index (χ3n) is 3.88. The molecule has 1 fully saturated rings. The SMILES string of the molecule is COc1ccc(C(Cl)C2CCCCC2)c(OC)c1Cl. The van der Waals surface area contributed by atoms with Gasteiger partial charge in [-0.2, -0.15) is 0 Å². The summed E-state index contributed by atoms with van der Waals surface area (Å²) in [6, 6.07) is 3.83. The van der Waals surface area contributed by atoms with Crippen molar-refractivity contribution in [2.75, 3.05) is 14.2 Å². The van der Waals surface area contributed by atoms with Crippen molar-refractivity contribution in [2.45, 2.75) is 37.5 Å². The van der Waals surface area contributed by atoms with Crippen LogP contribution in [0.3, 0.4) is 0 Å². The fourth-order valence-electron chi connectivity index (χ4n) is 2.82. The zero-order valence-electron chi connectivity index (χ0n) is 11.4. The van der Waals surface area contributed by atoms with E-state index in [1.54, 1.807) is 14.2 Å². The van der Waals surface area contributed by atoms with Crippen LogP contribution in [0.5, 0.6) is 11.5 Å². The first-order valence-electron chi connectivity index (χ1n) is 6.73. The smallest absolute Gasteiger partial charge is 0.145 e. The molecular weight excluding hydrogens is 283 g/mol. The molecule has 1 aromatic carbocycles. The van der Waals surface area contributed by atoms with Gasteiger partial charge in [-0.1, -0.05) is 36.9 Å². The lowest BCUT2D eigenvalue weighted by Crippen LogP contribution is -2.13. The fraction of sp³-hybridized carbons (Fsp3) is 0.600. The van der Waals surface area contributed by atoms with Crippen molar-refractivity contribution in [1.29, 1.82) is 0 Å². The molecule has 0 amide bonds. The zero-order valence-corrected chi connectivity index (χ0v) is 12.9. The van der Waals surface area contributed by atoms with Gasteiger partial charge < -0.3 is 9.47 Å². The molecular formula is C15H20Cl2O2. The third-order valence-corrected chi connectivity index (χ3v) is 4.83. The Morgan fingerprint density at radius 3 is 2.37 bits per heavy atom. The van der Waals surface area contributed by atoms with E-state index in [-0.39, 0.29) is 5.38 Å². The number of ether oxygens (including phenoxy) is 2. The maximum absolute atomic E-state index is 6.66. The Hall–Kier alpha value is -0.600. The van der Waals surface area contributed by atoms with Crippen LogP contribution in [0.15, 0.2) is 12.1 Å². The van der Waals surface area contributed by atoms with E-state index in [1.807, 2.05) is 12.1 Å². The number of alkyl halides is 1. The van der Waals surface area contributed by atoms with Crippen molar-refractivity contribution in [2.24, 2.45) is 5.92 Å². The number of hydrogen-bond acceptors (Lipinski definition) is 2. The molecule has 1 unspecified atom stereocenters. The zero-order chi connectivity index (χ0) is 13.8. The van der Waals surface area contributed by atoms with Gasteiger partial charge in [0.15, 0.2) is 0 Å². The molecule has 0 aliphatic heterocycles. The van der Waals surface area contributed by atoms with E-state index >= 15 is 0 Å². The maximum Gasteiger partial charge on any atom is 0.145 e. The molecule has 106 valence electrons. The van der Waals surface area contributed by atoms with Crippen LogP contribution in [0.4, 0.5) is 0 Å². The van der Waals surface area contributed by atoms with Crippen LogP contribution in [0, 0.1) is 5.92 Å². The predicted molar refractivity (Wildman–Crippen MR) is 79.7 cm³/mol. The van der Waals surface area contributed by atoms with Crippen molar-refractivity contribution >= 4 is 23.2 Å². The Labute approximate surface area is 125 Å². The number of methoxy groups -OCH3 is 2. The number of hydrogen-bond donors (Lipinski definition) is 0. The topological polar surface area (TPSA) is 18.5 Å². The average Bonchev–Trinajstić information content (AvgIpc) is 2.47. The Morgan fingerprint density at radius 1 is 1.11 bits per heavy atom. The molecule has 1 saturated carbocycles. The Bertz CT molecular complexity index is 428. The fourth-order valence-corrected chi connectivity index (χ4v) is 3.57. The maximum atomic E-state index is 6.66. The quantitative estimate of drug-likeness (QED) is 0.710. The monoisotopic (exact) mass is 302 g/mol. The van der Waals surface area contributed by atoms with Crippen LogP contribution >= 0.6 is 23.2 Å². The van der Waals surface area contributed by atoms with Crippen LogP contribution in [0.1, 0.15) is 43.0 Å². The molecule has 0 saturated heterocycles. The van der Waals surface area contributed by atoms with E-state index in [1.165, 1.54) is 32.1 Å². The van der Waals surface area contributed by atoms with Gasteiger partial charge in [0.2, 0.25) is 0 Å². The van der Waals surface area contributed by atoms with E-state index in [4.69, 9.17) is 32.7 Å². The lowest BCUT2D eigenvalue weighted by atomic mass is 9.84. The van der Waals surface area contributed by atoms with Crippen molar-refractivity contribution in [3.8, 4) is 11.5 Å². The minimum atomic E-state index is -0.0429. The first-order valence-corrected chi connectivity index (χ1v) is 7.55. The minimum Gasteiger partial charge on any atom is -0.495 e. The van der Waals surface area contributed by atoms with Crippen LogP contribution in [-0.4, -0.2) is 14.2 Å². The highest BCUT2D eigenvalue weighted by molar-refractivity contribution is 6.34. The van der Waals surface area contributed by atoms with Gasteiger partial charge in [-0.3, -0.25) is 0 Å². The molecule has 0 N–H and O–H groups in total. The highest BCUT2D eigenvalue weighted by Gasteiger charge is 2.27. The summed E-state index contributed by atoms with van der Waals surface area (Å²) in [5, 5.41) is 0.461. The van der Waals surface area contributed by atoms with Gasteiger partial charge >= 0.3 is 0 Å². The predicted octanol–water partition coefficient (Wildman–Crippen LogP) is 5.22. The summed E-state index contributed by atoms with van der Waals surface area (Å²) in [4.78, 5) is 0. The van der Waals surface area contributed by atoms with Gasteiger partial charge in [0.05, 0.1) is 19.6 Å². The molecule has 1 aliphatic rings. The Morgan fingerprint density at radius 2 is 1.79 bits per heavy atom. The lowest BCUT2D eigenvalue weighted by molar-refractivity contribution is 0.339. The summed E-state index contributed by atoms with van der Waals surface area (Å²) < 4.78 is 10.6. The lowest BCUT2D eigenvalue weighted by Gasteiger charge is -2.27. The molecule has 0 heterocycles. The molecule has 0 radical (unpaired) electrons. The normalized spacial score (nSPS) is 18.1. The van der Waals surface area contributed by atoms with Crippen molar-refractivity contribution in [1.82, 2.24) is 0 Å². The second-order valence-electron chi connectivity index (χ2n) is 5.00. The van der Waals surface area contributed by atoms with Crippen LogP contribution in [0.2, 0.25) is 5.02 Å². The molecule has 2 rings (SSSR count). The minimum absolute atomic E-state index is 0.0429. The highest BCUT2D eigenvalue weighted by Crippen LogP contribution is 2.46. The summed E-state index contributed by atoms with van der Waals surface area (Å²) in [7, 11) is 3.22. The molecule has 1 atom stereocenters. The standard InChI is InChI=1S/C15H20Cl2O2/c1-18-12-9-8-11(15(19-2)14(12)17)13(16)10-6-4-3-5-7-10/h8-10,13H,3-7H2,1-2H3. The molecule has 0 aromatic heterocycles. The van der Waals surface area contributed by atoms with Gasteiger partial charge in [-0.15, -0.1) is 11.6 Å². The van der Waals surface area contributed by atoms with E-state index in [9.17, 15) is 0 Å². The number of halogens is 2. The van der Waals surface area contributed by atoms with E-state index in [2.05, 4.69) is 0 Å². The summed E-state index contributed by atoms with van der Waals surface area (Å²) in [6.07, 6.45) is 6.21. The Kier molecular flexibility index (Phi) is 5.23. The second kappa shape index (κ2) is 6.71. The van der Waals surface area contributed by atoms with Gasteiger partial charge in [0.1, 0.15) is 16.5 Å². The van der Waals surface area contributed by atoms with E-state index < -0.39 is 0 Å². The van der Waals surface area contributed by atoms with E-state index in [0.29, 0.717) is 22.4 Å². The molecule has 4 heteroatoms. The number of benzene rings is 1. The van der Waals surface area contributed by atoms with Gasteiger partial charge in [-0.25, -0.2) is 0 Å². The van der Waals surface area contributed by atoms with Crippen molar-refractivity contribution in [3.63, 3.8) is 0 Å². The van der Waals surface area contributed by atoms with Crippen molar-refractivity contribution in [3.05, 3.63) is 22.7 Å². The average molecular weight is 303 g/mol. The molecule has 0 bridgehead atoms. The van der Waals surface area contributed by atoms with Crippen molar-refractivity contribution < 1.29 is 9.47 Å². The first kappa shape index (κ1) is 14.8. The van der Waals surface area contributed by atoms with Gasteiger partial charge in [0.25, 0.3) is 0 Å². The largest absolute Gasteiger partial charge is 0.495 e. The summed E-state index contributed by atoms with van der Waals surface area (Å²) in [5.41, 5.74) is 0.974. The molecule has 0 spiro atoms. The first-order chi connectivity index (χ1) is 9.19. The van der Waals surface area contributed by atoms with Crippen LogP contribution in [0.25, 0.3) is 0 Å².